The number of nitrogens with one attached hydrogen (secondary N) is 3. The summed E-state index contributed by atoms with van der Waals surface area (Å²) < 4.78 is 0. The van der Waals surface area contributed by atoms with Gasteiger partial charge < -0.3 is 15.5 Å². The minimum Gasteiger partial charge on any atom is -0.339 e. The second kappa shape index (κ2) is 8.46. The lowest BCUT2D eigenvalue weighted by atomic mass is 10.1. The number of aromatic amines is 1. The number of amides is 2. The molecule has 3 N–H and O–H groups in total. The Morgan fingerprint density at radius 2 is 2.24 bits per heavy atom. The third-order valence-electron chi connectivity index (χ3n) is 4.43. The maximum Gasteiger partial charge on any atom is 0.315 e. The van der Waals surface area contributed by atoms with Gasteiger partial charge in [-0.15, -0.1) is 0 Å². The average molecular weight is 343 g/mol. The van der Waals surface area contributed by atoms with Crippen LogP contribution in [0.2, 0.25) is 0 Å². The van der Waals surface area contributed by atoms with Gasteiger partial charge in [-0.1, -0.05) is 0 Å². The number of rotatable bonds is 6. The smallest absolute Gasteiger partial charge is 0.315 e. The van der Waals surface area contributed by atoms with Crippen LogP contribution in [0.25, 0.3) is 0 Å². The number of urea groups is 1. The summed E-state index contributed by atoms with van der Waals surface area (Å²) in [7, 11) is 0. The lowest BCUT2D eigenvalue weighted by Crippen LogP contribution is -2.51. The largest absolute Gasteiger partial charge is 0.339 e. The third kappa shape index (κ3) is 4.91. The van der Waals surface area contributed by atoms with Crippen LogP contribution in [0.5, 0.6) is 0 Å². The van der Waals surface area contributed by atoms with E-state index in [0.717, 1.165) is 50.4 Å². The summed E-state index contributed by atoms with van der Waals surface area (Å²) in [4.78, 5) is 22.8. The van der Waals surface area contributed by atoms with Crippen molar-refractivity contribution >= 4 is 12.0 Å². The minimum atomic E-state index is -0.107. The van der Waals surface area contributed by atoms with E-state index >= 15 is 0 Å². The first-order valence-corrected chi connectivity index (χ1v) is 8.77. The molecule has 2 amide bonds. The van der Waals surface area contributed by atoms with Crippen molar-refractivity contribution in [1.82, 2.24) is 30.8 Å². The van der Waals surface area contributed by atoms with Crippen LogP contribution >= 0.6 is 0 Å². The highest BCUT2D eigenvalue weighted by Crippen LogP contribution is 2.15. The van der Waals surface area contributed by atoms with Crippen molar-refractivity contribution in [3.63, 3.8) is 0 Å². The van der Waals surface area contributed by atoms with Gasteiger partial charge in [-0.25, -0.2) is 14.8 Å². The van der Waals surface area contributed by atoms with Crippen LogP contribution < -0.4 is 15.5 Å². The first-order valence-electron chi connectivity index (χ1n) is 8.77. The molecular weight excluding hydrogens is 318 g/mol. The van der Waals surface area contributed by atoms with E-state index in [-0.39, 0.29) is 12.1 Å². The molecule has 1 aliphatic rings. The molecule has 0 bridgehead atoms. The molecule has 3 heterocycles. The molecule has 0 spiro atoms. The van der Waals surface area contributed by atoms with E-state index in [0.29, 0.717) is 6.54 Å². The molecule has 1 atom stereocenters. The van der Waals surface area contributed by atoms with Crippen molar-refractivity contribution in [1.29, 1.82) is 0 Å². The highest BCUT2D eigenvalue weighted by atomic mass is 16.2. The highest BCUT2D eigenvalue weighted by molar-refractivity contribution is 5.74. The number of anilines is 1. The SMILES string of the molecule is Cc1[nH]ncc1CCCNC(=O)N[C@H]1CCCN(c2ncccn2)C1. The van der Waals surface area contributed by atoms with Gasteiger partial charge in [0.05, 0.1) is 6.20 Å². The number of H-pyrrole nitrogens is 1. The van der Waals surface area contributed by atoms with Gasteiger partial charge in [0.25, 0.3) is 0 Å². The molecule has 1 saturated heterocycles. The molecule has 8 heteroatoms. The summed E-state index contributed by atoms with van der Waals surface area (Å²) in [5, 5.41) is 12.9. The topological polar surface area (TPSA) is 98.8 Å². The van der Waals surface area contributed by atoms with E-state index in [2.05, 4.69) is 35.7 Å². The monoisotopic (exact) mass is 343 g/mol. The summed E-state index contributed by atoms with van der Waals surface area (Å²) in [5.74, 6) is 0.727. The van der Waals surface area contributed by atoms with E-state index in [9.17, 15) is 4.79 Å². The lowest BCUT2D eigenvalue weighted by molar-refractivity contribution is 0.235. The van der Waals surface area contributed by atoms with Gasteiger partial charge in [-0.2, -0.15) is 5.10 Å². The van der Waals surface area contributed by atoms with Gasteiger partial charge in [-0.3, -0.25) is 5.10 Å². The summed E-state index contributed by atoms with van der Waals surface area (Å²) in [5.41, 5.74) is 2.29. The Morgan fingerprint density at radius 1 is 1.40 bits per heavy atom. The molecule has 0 aromatic carbocycles. The fourth-order valence-electron chi connectivity index (χ4n) is 3.08. The summed E-state index contributed by atoms with van der Waals surface area (Å²) >= 11 is 0. The van der Waals surface area contributed by atoms with E-state index in [4.69, 9.17) is 0 Å². The summed E-state index contributed by atoms with van der Waals surface area (Å²) in [6, 6.07) is 1.82. The second-order valence-corrected chi connectivity index (χ2v) is 6.36. The van der Waals surface area contributed by atoms with Gasteiger partial charge >= 0.3 is 6.03 Å². The van der Waals surface area contributed by atoms with Gasteiger partial charge in [-0.05, 0) is 44.2 Å². The molecule has 1 fully saturated rings. The van der Waals surface area contributed by atoms with Crippen LogP contribution in [0.15, 0.2) is 24.7 Å². The second-order valence-electron chi connectivity index (χ2n) is 6.36. The number of carbonyl (C=O) groups is 1. The zero-order valence-electron chi connectivity index (χ0n) is 14.5. The lowest BCUT2D eigenvalue weighted by Gasteiger charge is -2.33. The Hall–Kier alpha value is -2.64. The number of aromatic nitrogens is 4. The van der Waals surface area contributed by atoms with Crippen molar-refractivity contribution in [3.05, 3.63) is 35.9 Å². The van der Waals surface area contributed by atoms with Gasteiger partial charge in [0.15, 0.2) is 0 Å². The average Bonchev–Trinajstić information content (AvgIpc) is 3.05. The number of piperidine rings is 1. The predicted molar refractivity (Wildman–Crippen MR) is 95.4 cm³/mol. The van der Waals surface area contributed by atoms with Crippen LogP contribution in [0.1, 0.15) is 30.5 Å². The molecule has 3 rings (SSSR count). The first kappa shape index (κ1) is 17.2. The zero-order valence-corrected chi connectivity index (χ0v) is 14.5. The quantitative estimate of drug-likeness (QED) is 0.689. The van der Waals surface area contributed by atoms with E-state index < -0.39 is 0 Å². The fraction of sp³-hybridized carbons (Fsp3) is 0.529. The van der Waals surface area contributed by atoms with Crippen LogP contribution in [0.4, 0.5) is 10.7 Å². The van der Waals surface area contributed by atoms with Crippen LogP contribution in [-0.2, 0) is 6.42 Å². The molecular formula is C17H25N7O. The number of hydrogen-bond donors (Lipinski definition) is 3. The van der Waals surface area contributed by atoms with Gasteiger partial charge in [0, 0.05) is 43.8 Å². The van der Waals surface area contributed by atoms with Crippen LogP contribution in [0, 0.1) is 6.92 Å². The van der Waals surface area contributed by atoms with Crippen LogP contribution in [-0.4, -0.2) is 51.9 Å². The van der Waals surface area contributed by atoms with E-state index in [1.165, 1.54) is 5.56 Å². The molecule has 2 aromatic rings. The maximum atomic E-state index is 12.1. The van der Waals surface area contributed by atoms with Crippen molar-refractivity contribution in [2.75, 3.05) is 24.5 Å². The number of aryl methyl sites for hydroxylation is 2. The summed E-state index contributed by atoms with van der Waals surface area (Å²) in [6.45, 7) is 4.32. The maximum absolute atomic E-state index is 12.1. The molecule has 2 aromatic heterocycles. The van der Waals surface area contributed by atoms with E-state index in [1.807, 2.05) is 19.2 Å². The molecule has 134 valence electrons. The van der Waals surface area contributed by atoms with Crippen LogP contribution in [0.3, 0.4) is 0 Å². The molecule has 25 heavy (non-hydrogen) atoms. The molecule has 0 unspecified atom stereocenters. The standard InChI is InChI=1S/C17H25N7O/c1-13-14(11-21-23-13)5-2-7-20-17(25)22-15-6-3-10-24(12-15)16-18-8-4-9-19-16/h4,8-9,11,15H,2-3,5-7,10,12H2,1H3,(H,21,23)(H2,20,22,25)/t15-/m0/s1. The van der Waals surface area contributed by atoms with Crippen molar-refractivity contribution < 1.29 is 4.79 Å². The Balaban J connectivity index is 1.38. The van der Waals surface area contributed by atoms with Crippen molar-refractivity contribution in [2.45, 2.75) is 38.6 Å². The Labute approximate surface area is 147 Å². The van der Waals surface area contributed by atoms with Gasteiger partial charge in [0.2, 0.25) is 5.95 Å². The zero-order chi connectivity index (χ0) is 17.5. The molecule has 0 saturated carbocycles. The molecule has 8 nitrogen and oxygen atoms in total. The fourth-order valence-corrected chi connectivity index (χ4v) is 3.08. The van der Waals surface area contributed by atoms with Gasteiger partial charge in [0.1, 0.15) is 0 Å². The number of hydrogen-bond acceptors (Lipinski definition) is 5. The Bertz CT molecular complexity index is 673. The summed E-state index contributed by atoms with van der Waals surface area (Å²) in [6.07, 6.45) is 9.13. The third-order valence-corrected chi connectivity index (χ3v) is 4.43. The minimum absolute atomic E-state index is 0.107. The van der Waals surface area contributed by atoms with E-state index in [1.54, 1.807) is 12.4 Å². The predicted octanol–water partition coefficient (Wildman–Crippen LogP) is 1.41. The Kier molecular flexibility index (Phi) is 5.81. The number of carbonyl (C=O) groups excluding carboxylic acids is 1. The van der Waals surface area contributed by atoms with Crippen molar-refractivity contribution in [2.24, 2.45) is 0 Å². The normalized spacial score (nSPS) is 17.3. The molecule has 1 aliphatic heterocycles. The van der Waals surface area contributed by atoms with Crippen molar-refractivity contribution in [3.8, 4) is 0 Å². The molecule has 0 aliphatic carbocycles. The first-order chi connectivity index (χ1) is 12.2. The molecule has 0 radical (unpaired) electrons. The number of nitrogens with zero attached hydrogens (tertiary/aromatic N) is 4. The highest BCUT2D eigenvalue weighted by Gasteiger charge is 2.22. The Morgan fingerprint density at radius 3 is 3.00 bits per heavy atom.